The molecule has 0 spiro atoms. The summed E-state index contributed by atoms with van der Waals surface area (Å²) in [5, 5.41) is 16.1. The van der Waals surface area contributed by atoms with Crippen LogP contribution in [0.5, 0.6) is 0 Å². The molecule has 1 saturated carbocycles. The summed E-state index contributed by atoms with van der Waals surface area (Å²) in [5.74, 6) is 0.630. The van der Waals surface area contributed by atoms with Crippen LogP contribution in [-0.2, 0) is 12.6 Å². The number of hydrogen-bond donors (Lipinski definition) is 3. The van der Waals surface area contributed by atoms with Crippen molar-refractivity contribution in [2.24, 2.45) is 18.0 Å². The Balaban J connectivity index is 0.00000312. The maximum absolute atomic E-state index is 13.4. The van der Waals surface area contributed by atoms with E-state index in [1.54, 1.807) is 0 Å². The Labute approximate surface area is 162 Å². The highest BCUT2D eigenvalue weighted by Gasteiger charge is 2.57. The predicted molar refractivity (Wildman–Crippen MR) is 99.9 cm³/mol. The van der Waals surface area contributed by atoms with Gasteiger partial charge in [0.15, 0.2) is 5.96 Å². The number of rotatable bonds is 7. The number of aliphatic hydroxyl groups is 1. The number of nitrogens with one attached hydrogen (secondary N) is 2. The van der Waals surface area contributed by atoms with Gasteiger partial charge in [0.1, 0.15) is 5.82 Å². The molecule has 1 unspecified atom stereocenters. The molecule has 0 saturated heterocycles. The normalized spacial score (nSPS) is 17.6. The zero-order chi connectivity index (χ0) is 17.8. The molecule has 1 atom stereocenters. The lowest BCUT2D eigenvalue weighted by atomic mass is 9.97. The number of guanidine groups is 1. The first-order chi connectivity index (χ1) is 11.3. The smallest absolute Gasteiger partial charge is 0.374 e. The summed E-state index contributed by atoms with van der Waals surface area (Å²) < 4.78 is 41.4. The zero-order valence-corrected chi connectivity index (χ0v) is 16.6. The average Bonchev–Trinajstić information content (AvgIpc) is 3.23. The van der Waals surface area contributed by atoms with E-state index in [-0.39, 0.29) is 30.5 Å². The second kappa shape index (κ2) is 9.06. The van der Waals surface area contributed by atoms with Crippen LogP contribution < -0.4 is 10.6 Å². The molecule has 10 heteroatoms. The van der Waals surface area contributed by atoms with Crippen LogP contribution in [0.25, 0.3) is 0 Å². The van der Waals surface area contributed by atoms with Crippen LogP contribution in [0.15, 0.2) is 17.4 Å². The summed E-state index contributed by atoms with van der Waals surface area (Å²) in [5.41, 5.74) is -3.01. The van der Waals surface area contributed by atoms with Gasteiger partial charge in [-0.3, -0.25) is 4.99 Å². The molecule has 1 aliphatic rings. The minimum Gasteiger partial charge on any atom is -0.374 e. The summed E-state index contributed by atoms with van der Waals surface area (Å²) in [6.07, 6.45) is -0.473. The number of imidazole rings is 1. The van der Waals surface area contributed by atoms with E-state index in [1.165, 1.54) is 24.0 Å². The van der Waals surface area contributed by atoms with Gasteiger partial charge in [0, 0.05) is 45.5 Å². The molecule has 25 heavy (non-hydrogen) atoms. The first-order valence-electron chi connectivity index (χ1n) is 8.07. The van der Waals surface area contributed by atoms with Crippen molar-refractivity contribution in [3.63, 3.8) is 0 Å². The Morgan fingerprint density at radius 2 is 2.08 bits per heavy atom. The second-order valence-electron chi connectivity index (χ2n) is 6.06. The van der Waals surface area contributed by atoms with Crippen molar-refractivity contribution < 1.29 is 18.3 Å². The molecule has 0 bridgehead atoms. The van der Waals surface area contributed by atoms with Gasteiger partial charge in [-0.25, -0.2) is 4.98 Å². The van der Waals surface area contributed by atoms with Crippen LogP contribution in [0.1, 0.15) is 32.0 Å². The maximum atomic E-state index is 13.4. The summed E-state index contributed by atoms with van der Waals surface area (Å²) >= 11 is 0. The van der Waals surface area contributed by atoms with Gasteiger partial charge in [0.25, 0.3) is 0 Å². The molecule has 144 valence electrons. The van der Waals surface area contributed by atoms with E-state index in [2.05, 4.69) is 20.6 Å². The van der Waals surface area contributed by atoms with E-state index in [1.807, 2.05) is 6.92 Å². The monoisotopic (exact) mass is 475 g/mol. The van der Waals surface area contributed by atoms with Crippen LogP contribution in [0.2, 0.25) is 0 Å². The van der Waals surface area contributed by atoms with Crippen LogP contribution >= 0.6 is 24.0 Å². The third kappa shape index (κ3) is 5.73. The van der Waals surface area contributed by atoms with Gasteiger partial charge in [-0.1, -0.05) is 0 Å². The molecule has 0 radical (unpaired) electrons. The minimum atomic E-state index is -4.82. The molecular formula is C15H25F3IN5O. The van der Waals surface area contributed by atoms with E-state index in [4.69, 9.17) is 0 Å². The van der Waals surface area contributed by atoms with E-state index in [0.29, 0.717) is 25.0 Å². The van der Waals surface area contributed by atoms with Crippen molar-refractivity contribution in [1.82, 2.24) is 20.2 Å². The molecule has 1 fully saturated rings. The minimum absolute atomic E-state index is 0. The zero-order valence-electron chi connectivity index (χ0n) is 14.3. The van der Waals surface area contributed by atoms with Crippen LogP contribution in [0.4, 0.5) is 13.2 Å². The van der Waals surface area contributed by atoms with Crippen LogP contribution in [0.3, 0.4) is 0 Å². The fraction of sp³-hybridized carbons (Fsp3) is 0.733. The van der Waals surface area contributed by atoms with Crippen molar-refractivity contribution in [3.05, 3.63) is 18.2 Å². The van der Waals surface area contributed by atoms with E-state index < -0.39 is 24.0 Å². The Kier molecular flexibility index (Phi) is 7.97. The molecule has 2 rings (SSSR count). The molecule has 0 aromatic carbocycles. The Morgan fingerprint density at radius 1 is 1.40 bits per heavy atom. The Bertz CT molecular complexity index is 574. The number of alkyl halides is 3. The van der Waals surface area contributed by atoms with Gasteiger partial charge in [-0.05, 0) is 25.7 Å². The van der Waals surface area contributed by atoms with Crippen LogP contribution in [0, 0.1) is 5.92 Å². The van der Waals surface area contributed by atoms with Gasteiger partial charge < -0.3 is 20.3 Å². The number of hydrogen-bond acceptors (Lipinski definition) is 3. The number of aromatic nitrogens is 2. The molecule has 1 aliphatic carbocycles. The summed E-state index contributed by atoms with van der Waals surface area (Å²) in [4.78, 5) is 8.02. The molecule has 6 nitrogen and oxygen atoms in total. The molecular weight excluding hydrogens is 450 g/mol. The van der Waals surface area contributed by atoms with Gasteiger partial charge >= 0.3 is 6.18 Å². The van der Waals surface area contributed by atoms with E-state index in [9.17, 15) is 18.3 Å². The second-order valence-corrected chi connectivity index (χ2v) is 6.06. The molecule has 1 aromatic heterocycles. The fourth-order valence-corrected chi connectivity index (χ4v) is 2.37. The average molecular weight is 475 g/mol. The standard InChI is InChI=1S/C15H24F3N5O.HI/c1-3-19-13(22-10-11-4-5-11)21-7-6-14(24,15(16,17)18)12-20-8-9-23(12)2;/h8-9,11,24H,3-7,10H2,1-2H3,(H2,19,21,22);1H. The van der Waals surface area contributed by atoms with Crippen LogP contribution in [-0.4, -0.2) is 46.4 Å². The highest BCUT2D eigenvalue weighted by atomic mass is 127. The largest absolute Gasteiger partial charge is 0.424 e. The topological polar surface area (TPSA) is 74.5 Å². The lowest BCUT2D eigenvalue weighted by molar-refractivity contribution is -0.272. The lowest BCUT2D eigenvalue weighted by Crippen LogP contribution is -2.48. The first-order valence-corrected chi connectivity index (χ1v) is 8.07. The Morgan fingerprint density at radius 3 is 2.56 bits per heavy atom. The number of aryl methyl sites for hydroxylation is 1. The van der Waals surface area contributed by atoms with Crippen molar-refractivity contribution in [1.29, 1.82) is 0 Å². The fourth-order valence-electron chi connectivity index (χ4n) is 2.37. The molecule has 0 aliphatic heterocycles. The van der Waals surface area contributed by atoms with Crippen molar-refractivity contribution in [2.75, 3.05) is 19.6 Å². The SMILES string of the molecule is CCNC(=NCC1CC1)NCCC(O)(c1nccn1C)C(F)(F)F.I. The van der Waals surface area contributed by atoms with Gasteiger partial charge in [-0.2, -0.15) is 13.2 Å². The van der Waals surface area contributed by atoms with Crippen molar-refractivity contribution >= 4 is 29.9 Å². The quantitative estimate of drug-likeness (QED) is 0.321. The number of halogens is 4. The summed E-state index contributed by atoms with van der Waals surface area (Å²) in [7, 11) is 1.42. The third-order valence-corrected chi connectivity index (χ3v) is 3.99. The summed E-state index contributed by atoms with van der Waals surface area (Å²) in [6, 6.07) is 0. The molecule has 1 aromatic rings. The molecule has 0 amide bonds. The number of nitrogens with zero attached hydrogens (tertiary/aromatic N) is 3. The third-order valence-electron chi connectivity index (χ3n) is 3.99. The predicted octanol–water partition coefficient (Wildman–Crippen LogP) is 2.14. The van der Waals surface area contributed by atoms with E-state index in [0.717, 1.165) is 12.8 Å². The number of aliphatic imine (C=N–C) groups is 1. The highest BCUT2D eigenvalue weighted by Crippen LogP contribution is 2.40. The van der Waals surface area contributed by atoms with Gasteiger partial charge in [0.2, 0.25) is 5.60 Å². The summed E-state index contributed by atoms with van der Waals surface area (Å²) in [6.45, 7) is 3.07. The van der Waals surface area contributed by atoms with Crippen molar-refractivity contribution in [3.8, 4) is 0 Å². The maximum Gasteiger partial charge on any atom is 0.424 e. The Hall–Kier alpha value is -1.04. The van der Waals surface area contributed by atoms with Gasteiger partial charge in [-0.15, -0.1) is 24.0 Å². The van der Waals surface area contributed by atoms with Gasteiger partial charge in [0.05, 0.1) is 0 Å². The first kappa shape index (κ1) is 22.0. The van der Waals surface area contributed by atoms with Crippen molar-refractivity contribution in [2.45, 2.75) is 38.0 Å². The molecule has 1 heterocycles. The highest BCUT2D eigenvalue weighted by molar-refractivity contribution is 14.0. The van der Waals surface area contributed by atoms with E-state index >= 15 is 0 Å². The molecule has 3 N–H and O–H groups in total. The lowest BCUT2D eigenvalue weighted by Gasteiger charge is -2.30.